The highest BCUT2D eigenvalue weighted by Crippen LogP contribution is 2.29. The van der Waals surface area contributed by atoms with Gasteiger partial charge in [-0.05, 0) is 65.6 Å². The summed E-state index contributed by atoms with van der Waals surface area (Å²) in [6.07, 6.45) is -4.35. The number of nitrogens with one attached hydrogen (secondary N) is 2. The van der Waals surface area contributed by atoms with Crippen LogP contribution in [0.5, 0.6) is 0 Å². The molecule has 0 unspecified atom stereocenters. The molecule has 0 saturated heterocycles. The first-order valence-corrected chi connectivity index (χ1v) is 11.0. The zero-order valence-corrected chi connectivity index (χ0v) is 18.9. The molecular formula is C28H25F3N2O. The minimum atomic E-state index is -4.35. The molecule has 34 heavy (non-hydrogen) atoms. The molecule has 0 fully saturated rings. The van der Waals surface area contributed by atoms with E-state index in [1.54, 1.807) is 6.07 Å². The van der Waals surface area contributed by atoms with Crippen molar-refractivity contribution in [2.45, 2.75) is 32.6 Å². The van der Waals surface area contributed by atoms with Gasteiger partial charge in [-0.3, -0.25) is 4.79 Å². The third kappa shape index (κ3) is 5.22. The van der Waals surface area contributed by atoms with E-state index < -0.39 is 11.7 Å². The number of carbonyl (C=O) groups is 1. The molecule has 0 radical (unpaired) electrons. The van der Waals surface area contributed by atoms with Crippen molar-refractivity contribution >= 4 is 22.4 Å². The predicted molar refractivity (Wildman–Crippen MR) is 130 cm³/mol. The number of halogens is 3. The normalized spacial score (nSPS) is 12.4. The Morgan fingerprint density at radius 1 is 0.912 bits per heavy atom. The van der Waals surface area contributed by atoms with Gasteiger partial charge in [0.15, 0.2) is 0 Å². The quantitative estimate of drug-likeness (QED) is 0.316. The highest BCUT2D eigenvalue weighted by molar-refractivity contribution is 5.97. The van der Waals surface area contributed by atoms with Crippen molar-refractivity contribution in [3.8, 4) is 0 Å². The van der Waals surface area contributed by atoms with Crippen LogP contribution < -0.4 is 10.6 Å². The lowest BCUT2D eigenvalue weighted by Crippen LogP contribution is -2.27. The number of amides is 1. The van der Waals surface area contributed by atoms with E-state index in [0.29, 0.717) is 23.4 Å². The van der Waals surface area contributed by atoms with Gasteiger partial charge >= 0.3 is 6.18 Å². The molecule has 0 bridgehead atoms. The molecule has 3 nitrogen and oxygen atoms in total. The molecule has 0 aromatic heterocycles. The molecule has 174 valence electrons. The summed E-state index contributed by atoms with van der Waals surface area (Å²) < 4.78 is 38.3. The zero-order chi connectivity index (χ0) is 24.3. The van der Waals surface area contributed by atoms with E-state index in [0.717, 1.165) is 34.0 Å². The first-order valence-electron chi connectivity index (χ1n) is 11.0. The number of carbonyl (C=O) groups excluding carboxylic acids is 1. The lowest BCUT2D eigenvalue weighted by atomic mass is 9.99. The zero-order valence-electron chi connectivity index (χ0n) is 18.9. The van der Waals surface area contributed by atoms with E-state index in [2.05, 4.69) is 10.6 Å². The number of alkyl halides is 3. The van der Waals surface area contributed by atoms with Gasteiger partial charge in [-0.1, -0.05) is 60.7 Å². The van der Waals surface area contributed by atoms with Gasteiger partial charge in [0.2, 0.25) is 0 Å². The Balaban J connectivity index is 1.46. The number of hydrogen-bond donors (Lipinski definition) is 2. The van der Waals surface area contributed by atoms with Crippen molar-refractivity contribution in [2.75, 3.05) is 5.32 Å². The number of rotatable bonds is 6. The van der Waals surface area contributed by atoms with Crippen LogP contribution >= 0.6 is 0 Å². The SMILES string of the molecule is Cc1ccc(NCc2ccc(C(F)(F)F)cc2)cc1C(=O)N[C@H](C)c1cccc2ccccc12. The van der Waals surface area contributed by atoms with Gasteiger partial charge < -0.3 is 10.6 Å². The van der Waals surface area contributed by atoms with Crippen LogP contribution in [0.3, 0.4) is 0 Å². The van der Waals surface area contributed by atoms with Crippen LogP contribution in [0, 0.1) is 6.92 Å². The Kier molecular flexibility index (Phi) is 6.59. The fourth-order valence-corrected chi connectivity index (χ4v) is 3.97. The molecule has 0 spiro atoms. The second-order valence-corrected chi connectivity index (χ2v) is 8.34. The summed E-state index contributed by atoms with van der Waals surface area (Å²) in [7, 11) is 0. The van der Waals surface area contributed by atoms with E-state index in [-0.39, 0.29) is 11.9 Å². The Morgan fingerprint density at radius 3 is 2.35 bits per heavy atom. The Hall–Kier alpha value is -3.80. The van der Waals surface area contributed by atoms with E-state index in [1.807, 2.05) is 68.4 Å². The maximum absolute atomic E-state index is 13.1. The number of aryl methyl sites for hydroxylation is 1. The van der Waals surface area contributed by atoms with Gasteiger partial charge in [0, 0.05) is 17.8 Å². The second kappa shape index (κ2) is 9.59. The molecular weight excluding hydrogens is 437 g/mol. The minimum absolute atomic E-state index is 0.184. The van der Waals surface area contributed by atoms with E-state index in [4.69, 9.17) is 0 Å². The number of hydrogen-bond acceptors (Lipinski definition) is 2. The highest BCUT2D eigenvalue weighted by atomic mass is 19.4. The van der Waals surface area contributed by atoms with Crippen molar-refractivity contribution in [3.05, 3.63) is 113 Å². The van der Waals surface area contributed by atoms with Crippen molar-refractivity contribution in [3.63, 3.8) is 0 Å². The van der Waals surface area contributed by atoms with Gasteiger partial charge in [0.05, 0.1) is 11.6 Å². The molecule has 0 saturated carbocycles. The number of benzene rings is 4. The minimum Gasteiger partial charge on any atom is -0.381 e. The molecule has 0 aliphatic carbocycles. The van der Waals surface area contributed by atoms with Crippen LogP contribution in [-0.2, 0) is 12.7 Å². The summed E-state index contributed by atoms with van der Waals surface area (Å²) in [6.45, 7) is 4.17. The van der Waals surface area contributed by atoms with Crippen LogP contribution in [0.15, 0.2) is 84.9 Å². The summed E-state index contributed by atoms with van der Waals surface area (Å²) >= 11 is 0. The van der Waals surface area contributed by atoms with Gasteiger partial charge in [-0.2, -0.15) is 13.2 Å². The van der Waals surface area contributed by atoms with Crippen molar-refractivity contribution in [1.29, 1.82) is 0 Å². The first-order chi connectivity index (χ1) is 16.2. The maximum Gasteiger partial charge on any atom is 0.416 e. The topological polar surface area (TPSA) is 41.1 Å². The van der Waals surface area contributed by atoms with E-state index >= 15 is 0 Å². The van der Waals surface area contributed by atoms with Crippen LogP contribution in [0.25, 0.3) is 10.8 Å². The van der Waals surface area contributed by atoms with Gasteiger partial charge in [0.25, 0.3) is 5.91 Å². The molecule has 1 atom stereocenters. The Bertz CT molecular complexity index is 1310. The van der Waals surface area contributed by atoms with Crippen molar-refractivity contribution in [2.24, 2.45) is 0 Å². The van der Waals surface area contributed by atoms with Crippen LogP contribution in [0.2, 0.25) is 0 Å². The summed E-state index contributed by atoms with van der Waals surface area (Å²) in [5.74, 6) is -0.184. The average Bonchev–Trinajstić information content (AvgIpc) is 2.82. The van der Waals surface area contributed by atoms with Crippen LogP contribution in [0.1, 0.15) is 45.6 Å². The van der Waals surface area contributed by atoms with Crippen LogP contribution in [0.4, 0.5) is 18.9 Å². The monoisotopic (exact) mass is 462 g/mol. The summed E-state index contributed by atoms with van der Waals surface area (Å²) in [5.41, 5.74) is 3.18. The molecule has 4 aromatic carbocycles. The average molecular weight is 463 g/mol. The van der Waals surface area contributed by atoms with Crippen molar-refractivity contribution in [1.82, 2.24) is 5.32 Å². The molecule has 6 heteroatoms. The molecule has 4 aromatic rings. The fourth-order valence-electron chi connectivity index (χ4n) is 3.97. The first kappa shape index (κ1) is 23.4. The molecule has 2 N–H and O–H groups in total. The second-order valence-electron chi connectivity index (χ2n) is 8.34. The molecule has 1 amide bonds. The standard InChI is InChI=1S/C28H25F3N2O/c1-18-10-15-23(32-17-20-11-13-22(14-12-20)28(29,30)31)16-26(18)27(34)33-19(2)24-9-5-7-21-6-3-4-8-25(21)24/h3-16,19,32H,17H2,1-2H3,(H,33,34)/t19-/m1/s1. The Labute approximate surface area is 196 Å². The number of anilines is 1. The van der Waals surface area contributed by atoms with Crippen molar-refractivity contribution < 1.29 is 18.0 Å². The Morgan fingerprint density at radius 2 is 1.62 bits per heavy atom. The third-order valence-corrected chi connectivity index (χ3v) is 5.90. The lowest BCUT2D eigenvalue weighted by molar-refractivity contribution is -0.137. The van der Waals surface area contributed by atoms with E-state index in [9.17, 15) is 18.0 Å². The highest BCUT2D eigenvalue weighted by Gasteiger charge is 2.29. The molecule has 0 heterocycles. The largest absolute Gasteiger partial charge is 0.416 e. The van der Waals surface area contributed by atoms with Gasteiger partial charge in [-0.25, -0.2) is 0 Å². The smallest absolute Gasteiger partial charge is 0.381 e. The van der Waals surface area contributed by atoms with Gasteiger partial charge in [0.1, 0.15) is 0 Å². The van der Waals surface area contributed by atoms with E-state index in [1.165, 1.54) is 12.1 Å². The molecule has 0 aliphatic heterocycles. The molecule has 4 rings (SSSR count). The fraction of sp³-hybridized carbons (Fsp3) is 0.179. The summed E-state index contributed by atoms with van der Waals surface area (Å²) in [5, 5.41) is 8.50. The molecule has 0 aliphatic rings. The third-order valence-electron chi connectivity index (χ3n) is 5.90. The summed E-state index contributed by atoms with van der Waals surface area (Å²) in [6, 6.07) is 24.4. The summed E-state index contributed by atoms with van der Waals surface area (Å²) in [4.78, 5) is 13.1. The predicted octanol–water partition coefficient (Wildman–Crippen LogP) is 7.27. The maximum atomic E-state index is 13.1. The lowest BCUT2D eigenvalue weighted by Gasteiger charge is -2.18. The van der Waals surface area contributed by atoms with Gasteiger partial charge in [-0.15, -0.1) is 0 Å². The van der Waals surface area contributed by atoms with Crippen LogP contribution in [-0.4, -0.2) is 5.91 Å². The number of fused-ring (bicyclic) bond motifs is 1.